The van der Waals surface area contributed by atoms with Gasteiger partial charge in [-0.15, -0.1) is 6.58 Å². The molecule has 10 rings (SSSR count). The van der Waals surface area contributed by atoms with Crippen LogP contribution in [-0.4, -0.2) is 30.1 Å². The minimum Gasteiger partial charge on any atom is -0.434 e. The minimum atomic E-state index is -0.573. The van der Waals surface area contributed by atoms with Crippen LogP contribution < -0.4 is 0 Å². The number of hydrogen-bond donors (Lipinski definition) is 1. The Morgan fingerprint density at radius 1 is 0.481 bits per heavy atom. The zero-order valence-electron chi connectivity index (χ0n) is 46.8. The number of allylic oxidation sites excluding steroid dienone is 1. The molecule has 0 aliphatic heterocycles. The van der Waals surface area contributed by atoms with Gasteiger partial charge in [0.1, 0.15) is 5.60 Å². The molecule has 2 aliphatic rings. The van der Waals surface area contributed by atoms with Gasteiger partial charge < -0.3 is 14.6 Å². The van der Waals surface area contributed by atoms with E-state index in [0.717, 1.165) is 44.9 Å². The quantitative estimate of drug-likeness (QED) is 0.0529. The molecule has 0 saturated carbocycles. The molecule has 77 heavy (non-hydrogen) atoms. The average molecular weight is 1020 g/mol. The zero-order chi connectivity index (χ0) is 54.4. The van der Waals surface area contributed by atoms with Crippen LogP contribution in [0.5, 0.6) is 0 Å². The number of aliphatic hydroxyl groups is 1. The van der Waals surface area contributed by atoms with Crippen molar-refractivity contribution in [2.75, 3.05) is 13.2 Å². The fourth-order valence-electron chi connectivity index (χ4n) is 11.4. The monoisotopic (exact) mass is 1020 g/mol. The number of unbranched alkanes of at least 4 members (excludes halogenated alkanes) is 2. The van der Waals surface area contributed by atoms with Crippen molar-refractivity contribution in [2.24, 2.45) is 0 Å². The molecule has 4 nitrogen and oxygen atoms in total. The van der Waals surface area contributed by atoms with Gasteiger partial charge in [-0.05, 0) is 185 Å². The summed E-state index contributed by atoms with van der Waals surface area (Å²) in [7, 11) is 0. The van der Waals surface area contributed by atoms with Gasteiger partial charge in [-0.25, -0.2) is 4.79 Å². The maximum absolute atomic E-state index is 12.5. The van der Waals surface area contributed by atoms with Crippen molar-refractivity contribution in [2.45, 2.75) is 129 Å². The highest BCUT2D eigenvalue weighted by Crippen LogP contribution is 2.54. The maximum atomic E-state index is 12.5. The number of fused-ring (bicyclic) bond motifs is 6. The lowest BCUT2D eigenvalue weighted by molar-refractivity contribution is -0.0219. The Balaban J connectivity index is 0.000000187. The van der Waals surface area contributed by atoms with Crippen LogP contribution in [-0.2, 0) is 20.3 Å². The Morgan fingerprint density at radius 2 is 0.818 bits per heavy atom. The fraction of sp³-hybridized carbons (Fsp3) is 0.301. The zero-order valence-corrected chi connectivity index (χ0v) is 46.8. The van der Waals surface area contributed by atoms with E-state index in [-0.39, 0.29) is 17.4 Å². The first-order valence-electron chi connectivity index (χ1n) is 28.2. The van der Waals surface area contributed by atoms with E-state index in [4.69, 9.17) is 9.47 Å². The molecule has 8 aromatic rings. The highest BCUT2D eigenvalue weighted by atomic mass is 16.7. The summed E-state index contributed by atoms with van der Waals surface area (Å²) in [6.07, 6.45) is 9.46. The van der Waals surface area contributed by atoms with E-state index in [9.17, 15) is 9.90 Å². The fourth-order valence-corrected chi connectivity index (χ4v) is 11.4. The Hall–Kier alpha value is -7.27. The van der Waals surface area contributed by atoms with Crippen LogP contribution in [0.4, 0.5) is 4.79 Å². The SMILES string of the molecule is C=C(C)CCCC.CC1(CCCO)c2cc(-c3ccccc3)ccc2-c2ccc(-c3ccccc3)cc21.CCCCC(C)(C)OC(=O)OCCCC1(C)c2cc(-c3ccccc3)ccc2-c2ccc(-c3ccccc3)cc21. The van der Waals surface area contributed by atoms with E-state index >= 15 is 0 Å². The van der Waals surface area contributed by atoms with Crippen LogP contribution in [0.25, 0.3) is 66.8 Å². The van der Waals surface area contributed by atoms with Gasteiger partial charge in [0.15, 0.2) is 0 Å². The van der Waals surface area contributed by atoms with E-state index in [1.54, 1.807) is 0 Å². The summed E-state index contributed by atoms with van der Waals surface area (Å²) in [5, 5.41) is 9.60. The summed E-state index contributed by atoms with van der Waals surface area (Å²) in [5.74, 6) is 0. The van der Waals surface area contributed by atoms with Crippen LogP contribution in [0.15, 0.2) is 206 Å². The van der Waals surface area contributed by atoms with E-state index in [0.29, 0.717) is 6.61 Å². The molecular formula is C73H80O4. The molecule has 0 spiro atoms. The number of carbonyl (C=O) groups is 1. The van der Waals surface area contributed by atoms with Crippen molar-refractivity contribution < 1.29 is 19.4 Å². The predicted molar refractivity (Wildman–Crippen MR) is 324 cm³/mol. The molecule has 0 amide bonds. The van der Waals surface area contributed by atoms with Crippen LogP contribution in [0.2, 0.25) is 0 Å². The molecule has 2 aliphatic carbocycles. The van der Waals surface area contributed by atoms with Gasteiger partial charge >= 0.3 is 6.16 Å². The maximum Gasteiger partial charge on any atom is 0.508 e. The van der Waals surface area contributed by atoms with E-state index in [2.05, 4.69) is 235 Å². The lowest BCUT2D eigenvalue weighted by atomic mass is 9.75. The van der Waals surface area contributed by atoms with Gasteiger partial charge in [0, 0.05) is 17.4 Å². The Morgan fingerprint density at radius 3 is 1.12 bits per heavy atom. The summed E-state index contributed by atoms with van der Waals surface area (Å²) in [6.45, 7) is 19.3. The molecule has 0 saturated heterocycles. The number of rotatable bonds is 18. The third-order valence-corrected chi connectivity index (χ3v) is 15.8. The molecule has 396 valence electrons. The lowest BCUT2D eigenvalue weighted by Gasteiger charge is -2.28. The van der Waals surface area contributed by atoms with Crippen molar-refractivity contribution in [1.82, 2.24) is 0 Å². The molecule has 0 heterocycles. The predicted octanol–water partition coefficient (Wildman–Crippen LogP) is 20.0. The van der Waals surface area contributed by atoms with Gasteiger partial charge in [0.05, 0.1) is 6.61 Å². The lowest BCUT2D eigenvalue weighted by Crippen LogP contribution is -2.29. The summed E-state index contributed by atoms with van der Waals surface area (Å²) < 4.78 is 11.2. The summed E-state index contributed by atoms with van der Waals surface area (Å²) in [4.78, 5) is 12.5. The van der Waals surface area contributed by atoms with Crippen molar-refractivity contribution >= 4 is 6.16 Å². The molecule has 0 atom stereocenters. The summed E-state index contributed by atoms with van der Waals surface area (Å²) in [6, 6.07) is 69.8. The van der Waals surface area contributed by atoms with Gasteiger partial charge in [0.25, 0.3) is 0 Å². The molecule has 0 radical (unpaired) electrons. The number of benzene rings is 8. The van der Waals surface area contributed by atoms with Crippen molar-refractivity contribution in [3.05, 3.63) is 229 Å². The van der Waals surface area contributed by atoms with Gasteiger partial charge in [-0.1, -0.05) is 216 Å². The highest BCUT2D eigenvalue weighted by Gasteiger charge is 2.41. The number of aliphatic hydroxyl groups excluding tert-OH is 1. The van der Waals surface area contributed by atoms with E-state index < -0.39 is 11.8 Å². The van der Waals surface area contributed by atoms with Crippen LogP contribution in [0.3, 0.4) is 0 Å². The smallest absolute Gasteiger partial charge is 0.434 e. The third-order valence-electron chi connectivity index (χ3n) is 15.8. The van der Waals surface area contributed by atoms with Crippen molar-refractivity contribution in [3.63, 3.8) is 0 Å². The molecule has 0 fully saturated rings. The van der Waals surface area contributed by atoms with Crippen molar-refractivity contribution in [3.8, 4) is 66.8 Å². The Labute approximate surface area is 460 Å². The van der Waals surface area contributed by atoms with Gasteiger partial charge in [0.2, 0.25) is 0 Å². The molecule has 0 aromatic heterocycles. The molecule has 0 bridgehead atoms. The van der Waals surface area contributed by atoms with Gasteiger partial charge in [-0.2, -0.15) is 0 Å². The second kappa shape index (κ2) is 25.7. The summed E-state index contributed by atoms with van der Waals surface area (Å²) >= 11 is 0. The Bertz CT molecular complexity index is 3030. The second-order valence-corrected chi connectivity index (χ2v) is 22.2. The first-order chi connectivity index (χ1) is 37.3. The molecule has 0 unspecified atom stereocenters. The van der Waals surface area contributed by atoms with Crippen LogP contribution >= 0.6 is 0 Å². The second-order valence-electron chi connectivity index (χ2n) is 22.2. The molecule has 8 aromatic carbocycles. The molecule has 1 N–H and O–H groups in total. The minimum absolute atomic E-state index is 0.108. The normalized spacial score (nSPS) is 13.1. The van der Waals surface area contributed by atoms with Gasteiger partial charge in [-0.3, -0.25) is 0 Å². The van der Waals surface area contributed by atoms with Crippen molar-refractivity contribution in [1.29, 1.82) is 0 Å². The van der Waals surface area contributed by atoms with E-state index in [1.807, 2.05) is 13.8 Å². The standard InChI is InChI=1S/C37H40O3.C29H26O.C7H14/c1-5-6-22-36(2,3)40-35(38)39-24-13-23-37(4)33-25-29(27-14-9-7-10-15-27)18-20-31(33)32-21-19-30(26-34(32)37)28-16-11-8-12-17-28;1-29(17-8-18-30)27-19-23(21-9-4-2-5-10-21)13-15-25(27)26-16-14-24(20-28(26)29)22-11-6-3-7-12-22;1-4-5-6-7(2)3/h7-12,14-21,25-26H,5-6,13,22-24H2,1-4H3;2-7,9-16,19-20,30H,8,17-18H2,1H3;2,4-6H2,1,3H3. The highest BCUT2D eigenvalue weighted by molar-refractivity contribution is 5.87. The van der Waals surface area contributed by atoms with Crippen LogP contribution in [0, 0.1) is 0 Å². The van der Waals surface area contributed by atoms with Crippen LogP contribution in [0.1, 0.15) is 135 Å². The number of ether oxygens (including phenoxy) is 2. The molecular weight excluding hydrogens is 941 g/mol. The number of hydrogen-bond acceptors (Lipinski definition) is 4. The first kappa shape index (κ1) is 55.9. The summed E-state index contributed by atoms with van der Waals surface area (Å²) in [5.41, 5.74) is 21.0. The molecule has 4 heteroatoms. The Kier molecular flexibility index (Phi) is 18.7. The third kappa shape index (κ3) is 13.3. The topological polar surface area (TPSA) is 55.8 Å². The average Bonchev–Trinajstić information content (AvgIpc) is 4.06. The van der Waals surface area contributed by atoms with E-state index in [1.165, 1.54) is 114 Å². The first-order valence-corrected chi connectivity index (χ1v) is 28.2. The number of carbonyl (C=O) groups excluding carboxylic acids is 1. The largest absolute Gasteiger partial charge is 0.508 e.